The average Bonchev–Trinajstić information content (AvgIpc) is 2.24. The van der Waals surface area contributed by atoms with Gasteiger partial charge >= 0.3 is 0 Å². The largest absolute Gasteiger partial charge is 0.313 e. The van der Waals surface area contributed by atoms with Gasteiger partial charge in [0.2, 0.25) is 0 Å². The highest BCUT2D eigenvalue weighted by molar-refractivity contribution is 9.10. The summed E-state index contributed by atoms with van der Waals surface area (Å²) in [6.45, 7) is 3.69. The van der Waals surface area contributed by atoms with Crippen LogP contribution in [0.3, 0.4) is 0 Å². The predicted molar refractivity (Wildman–Crippen MR) is 65.3 cm³/mol. The van der Waals surface area contributed by atoms with Crippen LogP contribution in [-0.4, -0.2) is 7.05 Å². The lowest BCUT2D eigenvalue weighted by atomic mass is 10.0. The van der Waals surface area contributed by atoms with E-state index in [0.717, 1.165) is 22.9 Å². The van der Waals surface area contributed by atoms with E-state index in [2.05, 4.69) is 27.8 Å². The molecule has 0 saturated heterocycles. The highest BCUT2D eigenvalue weighted by atomic mass is 79.9. The van der Waals surface area contributed by atoms with Crippen LogP contribution in [0.5, 0.6) is 0 Å². The molecule has 1 aromatic rings. The van der Waals surface area contributed by atoms with Gasteiger partial charge in [0.1, 0.15) is 5.82 Å². The van der Waals surface area contributed by atoms with Crippen molar-refractivity contribution in [3.63, 3.8) is 0 Å². The lowest BCUT2D eigenvalue weighted by Gasteiger charge is -2.17. The van der Waals surface area contributed by atoms with Gasteiger partial charge in [0.25, 0.3) is 0 Å². The summed E-state index contributed by atoms with van der Waals surface area (Å²) >= 11 is 3.43. The molecule has 0 radical (unpaired) electrons. The Labute approximate surface area is 98.5 Å². The standard InChI is InChI=1S/C12H15BrFN/c1-3-4-5-12(15-2)10-8-9(14)6-7-11(10)13/h3,6-8,12,15H,1,4-5H2,2H3. The van der Waals surface area contributed by atoms with Gasteiger partial charge in [-0.15, -0.1) is 6.58 Å². The molecule has 0 bridgehead atoms. The van der Waals surface area contributed by atoms with Crippen molar-refractivity contribution in [1.29, 1.82) is 0 Å². The molecule has 0 heterocycles. The number of nitrogens with one attached hydrogen (secondary N) is 1. The summed E-state index contributed by atoms with van der Waals surface area (Å²) in [6, 6.07) is 4.92. The molecule has 1 atom stereocenters. The molecule has 3 heteroatoms. The Morgan fingerprint density at radius 1 is 1.60 bits per heavy atom. The molecule has 1 N–H and O–H groups in total. The third-order valence-electron chi connectivity index (χ3n) is 2.34. The molecule has 0 saturated carbocycles. The number of allylic oxidation sites excluding steroid dienone is 1. The molecular formula is C12H15BrFN. The average molecular weight is 272 g/mol. The van der Waals surface area contributed by atoms with Crippen LogP contribution in [0.2, 0.25) is 0 Å². The highest BCUT2D eigenvalue weighted by Crippen LogP contribution is 2.27. The summed E-state index contributed by atoms with van der Waals surface area (Å²) < 4.78 is 14.0. The lowest BCUT2D eigenvalue weighted by Crippen LogP contribution is -2.16. The van der Waals surface area contributed by atoms with Gasteiger partial charge in [-0.25, -0.2) is 4.39 Å². The monoisotopic (exact) mass is 271 g/mol. The van der Waals surface area contributed by atoms with Crippen LogP contribution < -0.4 is 5.32 Å². The van der Waals surface area contributed by atoms with E-state index >= 15 is 0 Å². The normalized spacial score (nSPS) is 12.5. The van der Waals surface area contributed by atoms with Gasteiger partial charge in [-0.1, -0.05) is 22.0 Å². The van der Waals surface area contributed by atoms with Crippen LogP contribution in [0.1, 0.15) is 24.4 Å². The zero-order valence-electron chi connectivity index (χ0n) is 8.76. The Balaban J connectivity index is 2.89. The van der Waals surface area contributed by atoms with Gasteiger partial charge in [-0.05, 0) is 43.7 Å². The molecule has 15 heavy (non-hydrogen) atoms. The Morgan fingerprint density at radius 3 is 2.93 bits per heavy atom. The van der Waals surface area contributed by atoms with E-state index in [9.17, 15) is 4.39 Å². The summed E-state index contributed by atoms with van der Waals surface area (Å²) in [5.74, 6) is -0.202. The minimum absolute atomic E-state index is 0.160. The van der Waals surface area contributed by atoms with Crippen molar-refractivity contribution in [2.24, 2.45) is 0 Å². The van der Waals surface area contributed by atoms with Crippen molar-refractivity contribution in [1.82, 2.24) is 5.32 Å². The smallest absolute Gasteiger partial charge is 0.123 e. The Bertz CT molecular complexity index is 338. The highest BCUT2D eigenvalue weighted by Gasteiger charge is 2.12. The molecule has 82 valence electrons. The molecule has 0 aliphatic carbocycles. The zero-order chi connectivity index (χ0) is 11.3. The van der Waals surface area contributed by atoms with Crippen LogP contribution in [0, 0.1) is 5.82 Å². The van der Waals surface area contributed by atoms with Crippen LogP contribution in [0.25, 0.3) is 0 Å². The first-order valence-electron chi connectivity index (χ1n) is 4.92. The summed E-state index contributed by atoms with van der Waals surface area (Å²) in [7, 11) is 1.88. The maximum Gasteiger partial charge on any atom is 0.123 e. The minimum Gasteiger partial charge on any atom is -0.313 e. The molecule has 0 aliphatic rings. The van der Waals surface area contributed by atoms with Gasteiger partial charge in [-0.3, -0.25) is 0 Å². The minimum atomic E-state index is -0.202. The number of hydrogen-bond acceptors (Lipinski definition) is 1. The Hall–Kier alpha value is -0.670. The van der Waals surface area contributed by atoms with Gasteiger partial charge < -0.3 is 5.32 Å². The topological polar surface area (TPSA) is 12.0 Å². The first-order valence-corrected chi connectivity index (χ1v) is 5.71. The molecule has 1 unspecified atom stereocenters. The molecule has 0 aliphatic heterocycles. The quantitative estimate of drug-likeness (QED) is 0.803. The van der Waals surface area contributed by atoms with Crippen molar-refractivity contribution < 1.29 is 4.39 Å². The maximum absolute atomic E-state index is 13.1. The van der Waals surface area contributed by atoms with Crippen LogP contribution in [0.15, 0.2) is 35.3 Å². The predicted octanol–water partition coefficient (Wildman–Crippen LogP) is 3.81. The van der Waals surface area contributed by atoms with Crippen molar-refractivity contribution in [3.05, 3.63) is 46.7 Å². The summed E-state index contributed by atoms with van der Waals surface area (Å²) in [6.07, 6.45) is 3.70. The lowest BCUT2D eigenvalue weighted by molar-refractivity contribution is 0.545. The summed E-state index contributed by atoms with van der Waals surface area (Å²) in [5.41, 5.74) is 0.958. The molecular weight excluding hydrogens is 257 g/mol. The Kier molecular flexibility index (Phi) is 4.99. The number of rotatable bonds is 5. The van der Waals surface area contributed by atoms with Crippen molar-refractivity contribution in [2.45, 2.75) is 18.9 Å². The maximum atomic E-state index is 13.1. The summed E-state index contributed by atoms with van der Waals surface area (Å²) in [4.78, 5) is 0. The molecule has 0 amide bonds. The molecule has 1 aromatic carbocycles. The van der Waals surface area contributed by atoms with Gasteiger partial charge in [0.05, 0.1) is 0 Å². The second-order valence-corrected chi connectivity index (χ2v) is 4.23. The first-order chi connectivity index (χ1) is 7.19. The molecule has 0 fully saturated rings. The van der Waals surface area contributed by atoms with E-state index in [4.69, 9.17) is 0 Å². The van der Waals surface area contributed by atoms with E-state index in [1.807, 2.05) is 13.1 Å². The molecule has 0 spiro atoms. The SMILES string of the molecule is C=CCCC(NC)c1cc(F)ccc1Br. The van der Waals surface area contributed by atoms with E-state index in [-0.39, 0.29) is 11.9 Å². The number of halogens is 2. The summed E-state index contributed by atoms with van der Waals surface area (Å²) in [5, 5.41) is 3.18. The van der Waals surface area contributed by atoms with Gasteiger partial charge in [0.15, 0.2) is 0 Å². The van der Waals surface area contributed by atoms with Crippen molar-refractivity contribution in [3.8, 4) is 0 Å². The van der Waals surface area contributed by atoms with E-state index in [1.54, 1.807) is 12.1 Å². The fraction of sp³-hybridized carbons (Fsp3) is 0.333. The van der Waals surface area contributed by atoms with Crippen LogP contribution in [0.4, 0.5) is 4.39 Å². The number of hydrogen-bond donors (Lipinski definition) is 1. The fourth-order valence-electron chi connectivity index (χ4n) is 1.52. The zero-order valence-corrected chi connectivity index (χ0v) is 10.3. The van der Waals surface area contributed by atoms with E-state index in [1.165, 1.54) is 6.07 Å². The third kappa shape index (κ3) is 3.43. The molecule has 0 aromatic heterocycles. The second-order valence-electron chi connectivity index (χ2n) is 3.37. The van der Waals surface area contributed by atoms with E-state index < -0.39 is 0 Å². The van der Waals surface area contributed by atoms with Crippen LogP contribution >= 0.6 is 15.9 Å². The second kappa shape index (κ2) is 6.03. The Morgan fingerprint density at radius 2 is 2.33 bits per heavy atom. The van der Waals surface area contributed by atoms with Gasteiger partial charge in [0, 0.05) is 10.5 Å². The number of benzene rings is 1. The fourth-order valence-corrected chi connectivity index (χ4v) is 2.04. The van der Waals surface area contributed by atoms with Gasteiger partial charge in [-0.2, -0.15) is 0 Å². The van der Waals surface area contributed by atoms with Crippen LogP contribution in [-0.2, 0) is 0 Å². The van der Waals surface area contributed by atoms with Crippen molar-refractivity contribution in [2.75, 3.05) is 7.05 Å². The van der Waals surface area contributed by atoms with E-state index in [0.29, 0.717) is 0 Å². The first kappa shape index (κ1) is 12.4. The molecule has 1 nitrogen and oxygen atoms in total. The van der Waals surface area contributed by atoms with Crippen molar-refractivity contribution >= 4 is 15.9 Å². The molecule has 1 rings (SSSR count). The third-order valence-corrected chi connectivity index (χ3v) is 3.06.